The highest BCUT2D eigenvalue weighted by Gasteiger charge is 2.35. The van der Waals surface area contributed by atoms with Crippen LogP contribution in [0.15, 0.2) is 23.1 Å². The fourth-order valence-corrected chi connectivity index (χ4v) is 4.65. The van der Waals surface area contributed by atoms with E-state index in [2.05, 4.69) is 4.90 Å². The molecule has 1 saturated heterocycles. The Morgan fingerprint density at radius 3 is 2.63 bits per heavy atom. The van der Waals surface area contributed by atoms with Gasteiger partial charge in [-0.1, -0.05) is 17.7 Å². The summed E-state index contributed by atoms with van der Waals surface area (Å²) in [7, 11) is -1.67. The van der Waals surface area contributed by atoms with Gasteiger partial charge in [-0.3, -0.25) is 0 Å². The van der Waals surface area contributed by atoms with Crippen LogP contribution in [0.4, 0.5) is 5.69 Å². The van der Waals surface area contributed by atoms with Gasteiger partial charge in [0.15, 0.2) is 0 Å². The molecule has 1 aliphatic rings. The lowest BCUT2D eigenvalue weighted by Crippen LogP contribution is -2.52. The van der Waals surface area contributed by atoms with E-state index in [0.29, 0.717) is 19.6 Å². The quantitative estimate of drug-likeness (QED) is 0.835. The normalized spacial score (nSPS) is 22.6. The summed E-state index contributed by atoms with van der Waals surface area (Å²) < 4.78 is 26.9. The zero-order valence-electron chi connectivity index (χ0n) is 11.0. The summed E-state index contributed by atoms with van der Waals surface area (Å²) in [5, 5.41) is 0.172. The standard InChI is InChI=1S/C12H18ClN3O2S/c1-9-8-15(2)6-7-16(9)19(17,18)12-10(13)4-3-5-11(12)14/h3-5,9H,6-8,14H2,1-2H3. The van der Waals surface area contributed by atoms with E-state index in [-0.39, 0.29) is 21.6 Å². The number of halogens is 1. The number of nitrogen functional groups attached to an aromatic ring is 1. The van der Waals surface area contributed by atoms with E-state index in [1.165, 1.54) is 4.31 Å². The zero-order chi connectivity index (χ0) is 14.2. The van der Waals surface area contributed by atoms with Gasteiger partial charge < -0.3 is 10.6 Å². The molecule has 0 saturated carbocycles. The maximum absolute atomic E-state index is 12.7. The van der Waals surface area contributed by atoms with E-state index in [4.69, 9.17) is 17.3 Å². The van der Waals surface area contributed by atoms with Gasteiger partial charge in [-0.25, -0.2) is 8.42 Å². The minimum atomic E-state index is -3.65. The minimum absolute atomic E-state index is 0.0214. The second-order valence-electron chi connectivity index (χ2n) is 4.89. The van der Waals surface area contributed by atoms with Crippen LogP contribution in [0, 0.1) is 0 Å². The largest absolute Gasteiger partial charge is 0.398 e. The van der Waals surface area contributed by atoms with Gasteiger partial charge in [0.1, 0.15) is 4.90 Å². The van der Waals surface area contributed by atoms with Crippen LogP contribution in [0.3, 0.4) is 0 Å². The van der Waals surface area contributed by atoms with Crippen LogP contribution in [-0.4, -0.2) is 50.3 Å². The first kappa shape index (κ1) is 14.6. The van der Waals surface area contributed by atoms with Crippen molar-refractivity contribution in [3.05, 3.63) is 23.2 Å². The molecule has 19 heavy (non-hydrogen) atoms. The first-order valence-electron chi connectivity index (χ1n) is 6.08. The van der Waals surface area contributed by atoms with E-state index < -0.39 is 10.0 Å². The lowest BCUT2D eigenvalue weighted by Gasteiger charge is -2.37. The summed E-state index contributed by atoms with van der Waals surface area (Å²) in [4.78, 5) is 2.13. The van der Waals surface area contributed by atoms with Gasteiger partial charge >= 0.3 is 0 Å². The Morgan fingerprint density at radius 1 is 1.37 bits per heavy atom. The Kier molecular flexibility index (Phi) is 4.06. The molecule has 2 rings (SSSR count). The number of nitrogens with zero attached hydrogens (tertiary/aromatic N) is 2. The predicted octanol–water partition coefficient (Wildman–Crippen LogP) is 1.25. The molecule has 0 amide bonds. The average molecular weight is 304 g/mol. The molecular weight excluding hydrogens is 286 g/mol. The molecule has 1 atom stereocenters. The predicted molar refractivity (Wildman–Crippen MR) is 76.7 cm³/mol. The Balaban J connectivity index is 2.43. The summed E-state index contributed by atoms with van der Waals surface area (Å²) >= 11 is 6.01. The maximum Gasteiger partial charge on any atom is 0.246 e. The summed E-state index contributed by atoms with van der Waals surface area (Å²) in [5.41, 5.74) is 5.98. The molecule has 1 aromatic rings. The van der Waals surface area contributed by atoms with Gasteiger partial charge in [-0.15, -0.1) is 0 Å². The molecular formula is C12H18ClN3O2S. The highest BCUT2D eigenvalue weighted by molar-refractivity contribution is 7.89. The average Bonchev–Trinajstić information content (AvgIpc) is 2.27. The Labute approximate surface area is 119 Å². The number of piperazine rings is 1. The fraction of sp³-hybridized carbons (Fsp3) is 0.500. The van der Waals surface area contributed by atoms with Crippen LogP contribution >= 0.6 is 11.6 Å². The molecule has 0 bridgehead atoms. The first-order valence-corrected chi connectivity index (χ1v) is 7.90. The van der Waals surface area contributed by atoms with Crippen molar-refractivity contribution in [1.82, 2.24) is 9.21 Å². The van der Waals surface area contributed by atoms with Crippen molar-refractivity contribution in [3.8, 4) is 0 Å². The highest BCUT2D eigenvalue weighted by Crippen LogP contribution is 2.31. The monoisotopic (exact) mass is 303 g/mol. The molecule has 1 unspecified atom stereocenters. The van der Waals surface area contributed by atoms with E-state index in [9.17, 15) is 8.42 Å². The molecule has 1 heterocycles. The van der Waals surface area contributed by atoms with Gasteiger partial charge in [0.05, 0.1) is 10.7 Å². The molecule has 1 fully saturated rings. The SMILES string of the molecule is CC1CN(C)CCN1S(=O)(=O)c1c(N)cccc1Cl. The van der Waals surface area contributed by atoms with E-state index >= 15 is 0 Å². The lowest BCUT2D eigenvalue weighted by molar-refractivity contribution is 0.170. The molecule has 5 nitrogen and oxygen atoms in total. The number of likely N-dealkylation sites (N-methyl/N-ethyl adjacent to an activating group) is 1. The van der Waals surface area contributed by atoms with E-state index in [1.807, 2.05) is 14.0 Å². The number of hydrogen-bond donors (Lipinski definition) is 1. The maximum atomic E-state index is 12.7. The molecule has 106 valence electrons. The number of benzene rings is 1. The van der Waals surface area contributed by atoms with Gasteiger partial charge in [0.2, 0.25) is 10.0 Å². The summed E-state index contributed by atoms with van der Waals surface area (Å²) in [6.07, 6.45) is 0. The summed E-state index contributed by atoms with van der Waals surface area (Å²) in [6, 6.07) is 4.65. The van der Waals surface area contributed by atoms with Crippen LogP contribution in [0.2, 0.25) is 5.02 Å². The van der Waals surface area contributed by atoms with E-state index in [1.54, 1.807) is 18.2 Å². The molecule has 0 aliphatic carbocycles. The topological polar surface area (TPSA) is 66.6 Å². The van der Waals surface area contributed by atoms with Gasteiger partial charge in [-0.05, 0) is 26.1 Å². The molecule has 0 radical (unpaired) electrons. The van der Waals surface area contributed by atoms with Crippen LogP contribution in [0.5, 0.6) is 0 Å². The van der Waals surface area contributed by atoms with E-state index in [0.717, 1.165) is 0 Å². The summed E-state index contributed by atoms with van der Waals surface area (Å²) in [6.45, 7) is 3.74. The smallest absolute Gasteiger partial charge is 0.246 e. The van der Waals surface area contributed by atoms with Gasteiger partial charge in [0, 0.05) is 25.7 Å². The molecule has 0 aromatic heterocycles. The highest BCUT2D eigenvalue weighted by atomic mass is 35.5. The number of nitrogens with two attached hydrogens (primary N) is 1. The molecule has 7 heteroatoms. The van der Waals surface area contributed by atoms with Crippen LogP contribution in [0.25, 0.3) is 0 Å². The van der Waals surface area contributed by atoms with Gasteiger partial charge in [-0.2, -0.15) is 4.31 Å². The van der Waals surface area contributed by atoms with Crippen LogP contribution in [-0.2, 0) is 10.0 Å². The number of rotatable bonds is 2. The van der Waals surface area contributed by atoms with Gasteiger partial charge in [0.25, 0.3) is 0 Å². The van der Waals surface area contributed by atoms with Crippen molar-refractivity contribution in [3.63, 3.8) is 0 Å². The van der Waals surface area contributed by atoms with Crippen LogP contribution in [0.1, 0.15) is 6.92 Å². The summed E-state index contributed by atoms with van der Waals surface area (Å²) in [5.74, 6) is 0. The van der Waals surface area contributed by atoms with Crippen molar-refractivity contribution in [2.45, 2.75) is 17.9 Å². The second-order valence-corrected chi connectivity index (χ2v) is 7.12. The second kappa shape index (κ2) is 5.28. The number of anilines is 1. The third kappa shape index (κ3) is 2.72. The van der Waals surface area contributed by atoms with Crippen molar-refractivity contribution in [2.24, 2.45) is 0 Å². The molecule has 0 spiro atoms. The van der Waals surface area contributed by atoms with Crippen molar-refractivity contribution in [1.29, 1.82) is 0 Å². The molecule has 1 aromatic carbocycles. The van der Waals surface area contributed by atoms with Crippen molar-refractivity contribution in [2.75, 3.05) is 32.4 Å². The zero-order valence-corrected chi connectivity index (χ0v) is 12.6. The van der Waals surface area contributed by atoms with Crippen molar-refractivity contribution >= 4 is 27.3 Å². The Hall–Kier alpha value is -0.820. The minimum Gasteiger partial charge on any atom is -0.398 e. The van der Waals surface area contributed by atoms with Crippen LogP contribution < -0.4 is 5.73 Å². The van der Waals surface area contributed by atoms with Crippen molar-refractivity contribution < 1.29 is 8.42 Å². The number of sulfonamides is 1. The first-order chi connectivity index (χ1) is 8.84. The number of hydrogen-bond acceptors (Lipinski definition) is 4. The third-order valence-corrected chi connectivity index (χ3v) is 5.89. The molecule has 1 aliphatic heterocycles. The molecule has 2 N–H and O–H groups in total. The fourth-order valence-electron chi connectivity index (χ4n) is 2.40. The third-order valence-electron chi connectivity index (χ3n) is 3.33. The lowest BCUT2D eigenvalue weighted by atomic mass is 10.2. The Morgan fingerprint density at radius 2 is 2.05 bits per heavy atom. The Bertz CT molecular complexity index is 556.